The van der Waals surface area contributed by atoms with Gasteiger partial charge in [-0.1, -0.05) is 18.5 Å². The number of hydrogen-bond acceptors (Lipinski definition) is 5. The van der Waals surface area contributed by atoms with Crippen LogP contribution in [0.2, 0.25) is 0 Å². The van der Waals surface area contributed by atoms with Crippen molar-refractivity contribution < 1.29 is 18.8 Å². The zero-order valence-electron chi connectivity index (χ0n) is 14.9. The molecule has 25 heavy (non-hydrogen) atoms. The van der Waals surface area contributed by atoms with E-state index in [2.05, 4.69) is 10.5 Å². The molecule has 6 nitrogen and oxygen atoms in total. The molecule has 0 saturated heterocycles. The van der Waals surface area contributed by atoms with E-state index in [1.807, 2.05) is 20.8 Å². The molecule has 1 heterocycles. The molecule has 0 saturated carbocycles. The van der Waals surface area contributed by atoms with Crippen molar-refractivity contribution in [1.29, 1.82) is 0 Å². The zero-order valence-corrected chi connectivity index (χ0v) is 14.9. The molecule has 2 aromatic rings. The quantitative estimate of drug-likeness (QED) is 0.581. The van der Waals surface area contributed by atoms with E-state index >= 15 is 0 Å². The second kappa shape index (κ2) is 9.01. The maximum absolute atomic E-state index is 12.1. The van der Waals surface area contributed by atoms with Gasteiger partial charge < -0.3 is 14.6 Å². The van der Waals surface area contributed by atoms with Gasteiger partial charge in [-0.05, 0) is 51.0 Å². The summed E-state index contributed by atoms with van der Waals surface area (Å²) in [6, 6.07) is 6.70. The summed E-state index contributed by atoms with van der Waals surface area (Å²) in [5.41, 5.74) is 2.91. The number of benzene rings is 1. The highest BCUT2D eigenvalue weighted by molar-refractivity contribution is 5.93. The van der Waals surface area contributed by atoms with Gasteiger partial charge in [-0.25, -0.2) is 4.79 Å². The van der Waals surface area contributed by atoms with Crippen molar-refractivity contribution in [1.82, 2.24) is 5.16 Å². The van der Waals surface area contributed by atoms with E-state index in [0.717, 1.165) is 29.9 Å². The van der Waals surface area contributed by atoms with Crippen LogP contribution in [0.15, 0.2) is 28.8 Å². The number of aromatic nitrogens is 1. The van der Waals surface area contributed by atoms with Crippen LogP contribution in [0.25, 0.3) is 0 Å². The zero-order chi connectivity index (χ0) is 18.2. The van der Waals surface area contributed by atoms with Crippen molar-refractivity contribution in [2.45, 2.75) is 46.5 Å². The van der Waals surface area contributed by atoms with E-state index in [1.54, 1.807) is 24.3 Å². The van der Waals surface area contributed by atoms with Crippen LogP contribution in [0.3, 0.4) is 0 Å². The molecule has 1 aromatic heterocycles. The molecule has 2 rings (SSSR count). The minimum Gasteiger partial charge on any atom is -0.462 e. The first kappa shape index (κ1) is 18.7. The Bertz CT molecular complexity index is 700. The standard InChI is InChI=1S/C19H24N2O4/c1-4-5-12-24-19(23)15-6-8-16(9-7-15)20-18(22)11-10-17-13(2)21-25-14(17)3/h6-9H,4-5,10-12H2,1-3H3,(H,20,22). The Kier molecular flexibility index (Phi) is 6.74. The highest BCUT2D eigenvalue weighted by Gasteiger charge is 2.12. The Morgan fingerprint density at radius 2 is 1.92 bits per heavy atom. The molecular formula is C19H24N2O4. The van der Waals surface area contributed by atoms with Gasteiger partial charge in [0, 0.05) is 17.7 Å². The van der Waals surface area contributed by atoms with Gasteiger partial charge in [0.15, 0.2) is 0 Å². The average Bonchev–Trinajstić information content (AvgIpc) is 2.92. The summed E-state index contributed by atoms with van der Waals surface area (Å²) in [7, 11) is 0. The first-order valence-electron chi connectivity index (χ1n) is 8.50. The molecular weight excluding hydrogens is 320 g/mol. The second-order valence-electron chi connectivity index (χ2n) is 5.92. The van der Waals surface area contributed by atoms with Crippen molar-refractivity contribution in [2.24, 2.45) is 0 Å². The minimum atomic E-state index is -0.343. The number of ether oxygens (including phenoxy) is 1. The third-order valence-corrected chi connectivity index (χ3v) is 3.92. The summed E-state index contributed by atoms with van der Waals surface area (Å²) in [5, 5.41) is 6.70. The lowest BCUT2D eigenvalue weighted by atomic mass is 10.1. The van der Waals surface area contributed by atoms with Crippen molar-refractivity contribution in [2.75, 3.05) is 11.9 Å². The summed E-state index contributed by atoms with van der Waals surface area (Å²) >= 11 is 0. The monoisotopic (exact) mass is 344 g/mol. The van der Waals surface area contributed by atoms with Crippen LogP contribution in [0.4, 0.5) is 5.69 Å². The van der Waals surface area contributed by atoms with Gasteiger partial charge in [0.25, 0.3) is 0 Å². The molecule has 0 aliphatic carbocycles. The lowest BCUT2D eigenvalue weighted by Crippen LogP contribution is -2.13. The Balaban J connectivity index is 1.84. The fourth-order valence-corrected chi connectivity index (χ4v) is 2.40. The molecule has 0 radical (unpaired) electrons. The maximum atomic E-state index is 12.1. The Labute approximate surface area is 147 Å². The number of carbonyl (C=O) groups is 2. The number of esters is 1. The number of amides is 1. The molecule has 0 spiro atoms. The fourth-order valence-electron chi connectivity index (χ4n) is 2.40. The van der Waals surface area contributed by atoms with Gasteiger partial charge in [-0.3, -0.25) is 4.79 Å². The van der Waals surface area contributed by atoms with Gasteiger partial charge in [-0.15, -0.1) is 0 Å². The van der Waals surface area contributed by atoms with E-state index in [9.17, 15) is 9.59 Å². The van der Waals surface area contributed by atoms with Crippen LogP contribution in [-0.4, -0.2) is 23.6 Å². The smallest absolute Gasteiger partial charge is 0.338 e. The van der Waals surface area contributed by atoms with E-state index in [0.29, 0.717) is 30.7 Å². The predicted octanol–water partition coefficient (Wildman–Crippen LogP) is 3.82. The van der Waals surface area contributed by atoms with E-state index < -0.39 is 0 Å². The largest absolute Gasteiger partial charge is 0.462 e. The van der Waals surface area contributed by atoms with Crippen molar-refractivity contribution in [3.05, 3.63) is 46.8 Å². The molecule has 1 N–H and O–H groups in total. The van der Waals surface area contributed by atoms with Gasteiger partial charge >= 0.3 is 5.97 Å². The molecule has 0 bridgehead atoms. The third kappa shape index (κ3) is 5.45. The SMILES string of the molecule is CCCCOC(=O)c1ccc(NC(=O)CCc2c(C)noc2C)cc1. The van der Waals surface area contributed by atoms with Crippen molar-refractivity contribution >= 4 is 17.6 Å². The summed E-state index contributed by atoms with van der Waals surface area (Å²) in [6.07, 6.45) is 2.75. The lowest BCUT2D eigenvalue weighted by Gasteiger charge is -2.07. The Morgan fingerprint density at radius 1 is 1.20 bits per heavy atom. The van der Waals surface area contributed by atoms with Gasteiger partial charge in [-0.2, -0.15) is 0 Å². The number of unbranched alkanes of at least 4 members (excludes halogenated alkanes) is 1. The molecule has 0 atom stereocenters. The second-order valence-corrected chi connectivity index (χ2v) is 5.92. The number of aryl methyl sites for hydroxylation is 2. The number of hydrogen-bond donors (Lipinski definition) is 1. The maximum Gasteiger partial charge on any atom is 0.338 e. The average molecular weight is 344 g/mol. The summed E-state index contributed by atoms with van der Waals surface area (Å²) in [4.78, 5) is 23.9. The predicted molar refractivity (Wildman–Crippen MR) is 94.6 cm³/mol. The molecule has 1 aromatic carbocycles. The highest BCUT2D eigenvalue weighted by Crippen LogP contribution is 2.16. The number of nitrogens with one attached hydrogen (secondary N) is 1. The highest BCUT2D eigenvalue weighted by atomic mass is 16.5. The topological polar surface area (TPSA) is 81.4 Å². The molecule has 0 unspecified atom stereocenters. The van der Waals surface area contributed by atoms with Gasteiger partial charge in [0.2, 0.25) is 5.91 Å². The van der Waals surface area contributed by atoms with E-state index in [4.69, 9.17) is 9.26 Å². The molecule has 0 aliphatic heterocycles. The first-order chi connectivity index (χ1) is 12.0. The molecule has 1 amide bonds. The van der Waals surface area contributed by atoms with Crippen LogP contribution in [0.1, 0.15) is 53.6 Å². The number of nitrogens with zero attached hydrogens (tertiary/aromatic N) is 1. The minimum absolute atomic E-state index is 0.0988. The number of rotatable bonds is 8. The van der Waals surface area contributed by atoms with E-state index in [-0.39, 0.29) is 11.9 Å². The fraction of sp³-hybridized carbons (Fsp3) is 0.421. The Morgan fingerprint density at radius 3 is 2.52 bits per heavy atom. The van der Waals surface area contributed by atoms with E-state index in [1.165, 1.54) is 0 Å². The van der Waals surface area contributed by atoms with Crippen LogP contribution < -0.4 is 5.32 Å². The van der Waals surface area contributed by atoms with Crippen LogP contribution in [-0.2, 0) is 16.0 Å². The molecule has 0 aliphatic rings. The van der Waals surface area contributed by atoms with Gasteiger partial charge in [0.1, 0.15) is 5.76 Å². The number of anilines is 1. The van der Waals surface area contributed by atoms with Crippen LogP contribution >= 0.6 is 0 Å². The van der Waals surface area contributed by atoms with Crippen LogP contribution in [0, 0.1) is 13.8 Å². The third-order valence-electron chi connectivity index (χ3n) is 3.92. The lowest BCUT2D eigenvalue weighted by molar-refractivity contribution is -0.116. The number of carbonyl (C=O) groups excluding carboxylic acids is 2. The van der Waals surface area contributed by atoms with Crippen molar-refractivity contribution in [3.8, 4) is 0 Å². The van der Waals surface area contributed by atoms with Gasteiger partial charge in [0.05, 0.1) is 17.9 Å². The molecule has 0 fully saturated rings. The first-order valence-corrected chi connectivity index (χ1v) is 8.50. The van der Waals surface area contributed by atoms with Crippen LogP contribution in [0.5, 0.6) is 0 Å². The summed E-state index contributed by atoms with van der Waals surface area (Å²) < 4.78 is 10.2. The summed E-state index contributed by atoms with van der Waals surface area (Å²) in [5.74, 6) is 0.305. The Hall–Kier alpha value is -2.63. The molecule has 134 valence electrons. The normalized spacial score (nSPS) is 10.5. The molecule has 6 heteroatoms. The van der Waals surface area contributed by atoms with Crippen molar-refractivity contribution in [3.63, 3.8) is 0 Å². The summed E-state index contributed by atoms with van der Waals surface area (Å²) in [6.45, 7) is 6.17.